The molecule has 106 valence electrons. The number of carbonyl (C=O) groups is 2. The minimum absolute atomic E-state index is 0.0562. The van der Waals surface area contributed by atoms with E-state index in [-0.39, 0.29) is 12.3 Å². The van der Waals surface area contributed by atoms with Crippen LogP contribution in [0.4, 0.5) is 5.69 Å². The molecule has 5 nitrogen and oxygen atoms in total. The highest BCUT2D eigenvalue weighted by atomic mass is 79.9. The Hall–Kier alpha value is -0.920. The molecule has 0 fully saturated rings. The average molecular weight is 424 g/mol. The van der Waals surface area contributed by atoms with Gasteiger partial charge in [0.15, 0.2) is 5.71 Å². The highest BCUT2D eigenvalue weighted by Crippen LogP contribution is 2.38. The van der Waals surface area contributed by atoms with Gasteiger partial charge in [0.2, 0.25) is 3.23 Å². The first-order chi connectivity index (χ1) is 9.37. The minimum Gasteiger partial charge on any atom is -0.461 e. The van der Waals surface area contributed by atoms with Gasteiger partial charge in [-0.3, -0.25) is 4.79 Å². The quantitative estimate of drug-likeness (QED) is 0.554. The lowest BCUT2D eigenvalue weighted by atomic mass is 10.2. The smallest absolute Gasteiger partial charge is 0.357 e. The number of hydrazone groups is 1. The number of hydrogen-bond donors (Lipinski definition) is 0. The molecule has 0 N–H and O–H groups in total. The van der Waals surface area contributed by atoms with Crippen molar-refractivity contribution in [3.05, 3.63) is 29.3 Å². The Bertz CT molecular complexity index is 587. The molecule has 0 atom stereocenters. The third-order valence-corrected chi connectivity index (χ3v) is 4.18. The second-order valence-corrected chi connectivity index (χ2v) is 7.72. The molecular weight excluding hydrogens is 415 g/mol. The number of ether oxygens (including phenoxy) is 1. The summed E-state index contributed by atoms with van der Waals surface area (Å²) in [4.78, 5) is 24.1. The van der Waals surface area contributed by atoms with E-state index in [4.69, 9.17) is 16.3 Å². The third-order valence-electron chi connectivity index (χ3n) is 2.50. The minimum atomic E-state index is -1.38. The zero-order chi connectivity index (χ0) is 14.9. The van der Waals surface area contributed by atoms with Crippen LogP contribution in [0.5, 0.6) is 0 Å². The van der Waals surface area contributed by atoms with Crippen LogP contribution < -0.4 is 5.01 Å². The van der Waals surface area contributed by atoms with Crippen LogP contribution in [0.25, 0.3) is 0 Å². The summed E-state index contributed by atoms with van der Waals surface area (Å²) in [5.41, 5.74) is 0.446. The molecule has 1 aromatic rings. The topological polar surface area (TPSA) is 59.0 Å². The summed E-state index contributed by atoms with van der Waals surface area (Å²) in [5.74, 6) is -1.10. The summed E-state index contributed by atoms with van der Waals surface area (Å²) >= 11 is 12.1. The van der Waals surface area contributed by atoms with Crippen LogP contribution in [-0.2, 0) is 14.3 Å². The van der Waals surface area contributed by atoms with Crippen molar-refractivity contribution >= 4 is 66.7 Å². The average Bonchev–Trinajstić information content (AvgIpc) is 2.63. The Kier molecular flexibility index (Phi) is 4.51. The maximum atomic E-state index is 12.3. The van der Waals surface area contributed by atoms with Gasteiger partial charge < -0.3 is 4.74 Å². The summed E-state index contributed by atoms with van der Waals surface area (Å²) in [6.07, 6.45) is 0. The summed E-state index contributed by atoms with van der Waals surface area (Å²) in [5, 5.41) is 5.69. The molecule has 1 aromatic carbocycles. The lowest BCUT2D eigenvalue weighted by Crippen LogP contribution is -2.39. The van der Waals surface area contributed by atoms with Crippen LogP contribution in [-0.4, -0.2) is 27.4 Å². The molecule has 8 heteroatoms. The number of halogens is 3. The Morgan fingerprint density at radius 1 is 1.40 bits per heavy atom. The molecule has 0 aromatic heterocycles. The van der Waals surface area contributed by atoms with Gasteiger partial charge in [-0.25, -0.2) is 4.79 Å². The van der Waals surface area contributed by atoms with Crippen molar-refractivity contribution in [1.29, 1.82) is 0 Å². The summed E-state index contributed by atoms with van der Waals surface area (Å²) in [6.45, 7) is 1.87. The van der Waals surface area contributed by atoms with Crippen molar-refractivity contribution in [3.63, 3.8) is 0 Å². The maximum absolute atomic E-state index is 12.3. The molecule has 0 aliphatic carbocycles. The third kappa shape index (κ3) is 2.75. The second kappa shape index (κ2) is 5.83. The molecule has 1 heterocycles. The number of benzene rings is 1. The molecule has 0 saturated heterocycles. The van der Waals surface area contributed by atoms with Gasteiger partial charge in [0.1, 0.15) is 0 Å². The molecule has 0 saturated carbocycles. The number of anilines is 1. The fraction of sp³-hybridized carbons (Fsp3) is 0.250. The largest absolute Gasteiger partial charge is 0.461 e. The van der Waals surface area contributed by atoms with Gasteiger partial charge in [-0.1, -0.05) is 43.5 Å². The van der Waals surface area contributed by atoms with Gasteiger partial charge in [-0.2, -0.15) is 10.1 Å². The lowest BCUT2D eigenvalue weighted by molar-refractivity contribution is -0.135. The van der Waals surface area contributed by atoms with Crippen molar-refractivity contribution < 1.29 is 14.3 Å². The Morgan fingerprint density at radius 2 is 2.00 bits per heavy atom. The molecule has 1 amide bonds. The first-order valence-corrected chi connectivity index (χ1v) is 7.58. The zero-order valence-electron chi connectivity index (χ0n) is 10.3. The van der Waals surface area contributed by atoms with Crippen molar-refractivity contribution in [2.45, 2.75) is 10.2 Å². The van der Waals surface area contributed by atoms with Gasteiger partial charge in [0, 0.05) is 5.02 Å². The lowest BCUT2D eigenvalue weighted by Gasteiger charge is -2.15. The molecule has 1 aliphatic rings. The van der Waals surface area contributed by atoms with Crippen molar-refractivity contribution in [1.82, 2.24) is 0 Å². The van der Waals surface area contributed by atoms with E-state index in [1.165, 1.54) is 0 Å². The van der Waals surface area contributed by atoms with Crippen molar-refractivity contribution in [2.24, 2.45) is 5.10 Å². The Balaban J connectivity index is 2.38. The number of alkyl halides is 2. The normalized spacial score (nSPS) is 17.1. The van der Waals surface area contributed by atoms with Crippen LogP contribution >= 0.6 is 43.5 Å². The van der Waals surface area contributed by atoms with Crippen molar-refractivity contribution in [3.8, 4) is 0 Å². The molecule has 2 rings (SSSR count). The summed E-state index contributed by atoms with van der Waals surface area (Å²) < 4.78 is 3.50. The van der Waals surface area contributed by atoms with E-state index in [1.807, 2.05) is 0 Å². The maximum Gasteiger partial charge on any atom is 0.357 e. The predicted molar refractivity (Wildman–Crippen MR) is 83.6 cm³/mol. The van der Waals surface area contributed by atoms with Crippen LogP contribution in [0.15, 0.2) is 29.4 Å². The number of rotatable bonds is 3. The van der Waals surface area contributed by atoms with Crippen LogP contribution in [0, 0.1) is 0 Å². The standard InChI is InChI=1S/C12H9Br2ClN2O3/c1-2-20-10(18)9-12(13,14)11(19)17(16-9)8-5-3-7(15)4-6-8/h3-6H,2H2,1H3. The molecule has 1 aliphatic heterocycles. The van der Waals surface area contributed by atoms with Gasteiger partial charge in [-0.05, 0) is 31.2 Å². The van der Waals surface area contributed by atoms with E-state index in [0.29, 0.717) is 10.7 Å². The zero-order valence-corrected chi connectivity index (χ0v) is 14.2. The fourth-order valence-corrected chi connectivity index (χ4v) is 2.51. The number of hydrogen-bond acceptors (Lipinski definition) is 4. The van der Waals surface area contributed by atoms with Crippen LogP contribution in [0.2, 0.25) is 5.02 Å². The second-order valence-electron chi connectivity index (χ2n) is 3.84. The van der Waals surface area contributed by atoms with Crippen molar-refractivity contribution in [2.75, 3.05) is 11.6 Å². The Morgan fingerprint density at radius 3 is 2.55 bits per heavy atom. The van der Waals surface area contributed by atoms with Gasteiger partial charge in [-0.15, -0.1) is 0 Å². The van der Waals surface area contributed by atoms with Gasteiger partial charge in [0.05, 0.1) is 12.3 Å². The SMILES string of the molecule is CCOC(=O)C1=NN(c2ccc(Cl)cc2)C(=O)C1(Br)Br. The first-order valence-electron chi connectivity index (χ1n) is 5.62. The summed E-state index contributed by atoms with van der Waals surface area (Å²) in [7, 11) is 0. The van der Waals surface area contributed by atoms with E-state index in [0.717, 1.165) is 5.01 Å². The number of esters is 1. The van der Waals surface area contributed by atoms with E-state index >= 15 is 0 Å². The highest BCUT2D eigenvalue weighted by Gasteiger charge is 2.51. The van der Waals surface area contributed by atoms with E-state index in [2.05, 4.69) is 37.0 Å². The monoisotopic (exact) mass is 422 g/mol. The highest BCUT2D eigenvalue weighted by molar-refractivity contribution is 9.26. The molecule has 0 unspecified atom stereocenters. The fourth-order valence-electron chi connectivity index (χ4n) is 1.57. The number of amides is 1. The molecule has 0 spiro atoms. The molecule has 0 radical (unpaired) electrons. The number of nitrogens with zero attached hydrogens (tertiary/aromatic N) is 2. The molecule has 0 bridgehead atoms. The van der Waals surface area contributed by atoms with E-state index in [1.54, 1.807) is 31.2 Å². The molecule has 20 heavy (non-hydrogen) atoms. The van der Waals surface area contributed by atoms with Crippen LogP contribution in [0.1, 0.15) is 6.92 Å². The predicted octanol–water partition coefficient (Wildman–Crippen LogP) is 3.09. The summed E-state index contributed by atoms with van der Waals surface area (Å²) in [6, 6.07) is 6.53. The van der Waals surface area contributed by atoms with Gasteiger partial charge >= 0.3 is 5.97 Å². The Labute approximate surface area is 137 Å². The molecular formula is C12H9Br2ClN2O3. The van der Waals surface area contributed by atoms with E-state index < -0.39 is 15.1 Å². The van der Waals surface area contributed by atoms with Gasteiger partial charge in [0.25, 0.3) is 5.91 Å². The van der Waals surface area contributed by atoms with Crippen LogP contribution in [0.3, 0.4) is 0 Å². The van der Waals surface area contributed by atoms with E-state index in [9.17, 15) is 9.59 Å². The first kappa shape index (κ1) is 15.5. The number of carbonyl (C=O) groups excluding carboxylic acids is 2.